The van der Waals surface area contributed by atoms with Crippen LogP contribution in [0.15, 0.2) is 24.3 Å². The molecule has 0 aliphatic heterocycles. The van der Waals surface area contributed by atoms with Crippen molar-refractivity contribution in [2.24, 2.45) is 11.7 Å². The molecule has 0 heterocycles. The van der Waals surface area contributed by atoms with Crippen LogP contribution >= 0.6 is 0 Å². The Morgan fingerprint density at radius 1 is 1.12 bits per heavy atom. The summed E-state index contributed by atoms with van der Waals surface area (Å²) in [5.74, 6) is 1.77. The lowest BCUT2D eigenvalue weighted by Crippen LogP contribution is -2.08. The lowest BCUT2D eigenvalue weighted by Gasteiger charge is -2.11. The van der Waals surface area contributed by atoms with Gasteiger partial charge in [-0.25, -0.2) is 0 Å². The molecule has 88 valence electrons. The molecular weight excluding hydrogens is 198 g/mol. The topological polar surface area (TPSA) is 35.2 Å². The van der Waals surface area contributed by atoms with Crippen molar-refractivity contribution < 1.29 is 4.74 Å². The Balaban J connectivity index is 1.80. The molecule has 0 amide bonds. The molecule has 0 spiro atoms. The maximum Gasteiger partial charge on any atom is 0.119 e. The third-order valence-corrected chi connectivity index (χ3v) is 3.32. The molecule has 1 aliphatic rings. The molecular formula is C14H21NO. The van der Waals surface area contributed by atoms with Crippen molar-refractivity contribution in [1.29, 1.82) is 0 Å². The summed E-state index contributed by atoms with van der Waals surface area (Å²) < 4.78 is 5.79. The van der Waals surface area contributed by atoms with Gasteiger partial charge in [0.2, 0.25) is 0 Å². The van der Waals surface area contributed by atoms with Gasteiger partial charge in [-0.3, -0.25) is 0 Å². The molecule has 2 nitrogen and oxygen atoms in total. The number of ether oxygens (including phenoxy) is 1. The van der Waals surface area contributed by atoms with Crippen LogP contribution in [-0.2, 0) is 6.42 Å². The summed E-state index contributed by atoms with van der Waals surface area (Å²) in [4.78, 5) is 0. The number of benzene rings is 1. The van der Waals surface area contributed by atoms with E-state index in [-0.39, 0.29) is 0 Å². The van der Waals surface area contributed by atoms with Crippen LogP contribution in [0, 0.1) is 5.92 Å². The lowest BCUT2D eigenvalue weighted by atomic mass is 10.1. The van der Waals surface area contributed by atoms with Gasteiger partial charge >= 0.3 is 0 Å². The Labute approximate surface area is 97.8 Å². The first kappa shape index (κ1) is 11.5. The Bertz CT molecular complexity index is 301. The van der Waals surface area contributed by atoms with Crippen LogP contribution in [0.1, 0.15) is 31.2 Å². The van der Waals surface area contributed by atoms with Crippen molar-refractivity contribution >= 4 is 0 Å². The van der Waals surface area contributed by atoms with E-state index in [1.165, 1.54) is 31.2 Å². The average molecular weight is 219 g/mol. The summed E-state index contributed by atoms with van der Waals surface area (Å²) in [6, 6.07) is 8.33. The normalized spacial score (nSPS) is 16.6. The molecule has 1 aromatic carbocycles. The van der Waals surface area contributed by atoms with Gasteiger partial charge in [0.05, 0.1) is 6.61 Å². The highest BCUT2D eigenvalue weighted by molar-refractivity contribution is 5.27. The predicted octanol–water partition coefficient (Wildman–Crippen LogP) is 2.76. The van der Waals surface area contributed by atoms with Gasteiger partial charge in [0.25, 0.3) is 0 Å². The first-order valence-corrected chi connectivity index (χ1v) is 6.30. The molecule has 2 rings (SSSR count). The van der Waals surface area contributed by atoms with E-state index < -0.39 is 0 Å². The fourth-order valence-electron chi connectivity index (χ4n) is 2.31. The summed E-state index contributed by atoms with van der Waals surface area (Å²) >= 11 is 0. The summed E-state index contributed by atoms with van der Waals surface area (Å²) in [6.07, 6.45) is 6.38. The van der Waals surface area contributed by atoms with Crippen LogP contribution < -0.4 is 10.5 Å². The minimum atomic E-state index is 0.711. The Morgan fingerprint density at radius 3 is 2.44 bits per heavy atom. The van der Waals surface area contributed by atoms with E-state index in [9.17, 15) is 0 Å². The van der Waals surface area contributed by atoms with Gasteiger partial charge in [0, 0.05) is 0 Å². The summed E-state index contributed by atoms with van der Waals surface area (Å²) in [7, 11) is 0. The fourth-order valence-corrected chi connectivity index (χ4v) is 2.31. The van der Waals surface area contributed by atoms with Gasteiger partial charge in [-0.15, -0.1) is 0 Å². The van der Waals surface area contributed by atoms with Gasteiger partial charge in [0.15, 0.2) is 0 Å². The highest BCUT2D eigenvalue weighted by Crippen LogP contribution is 2.25. The molecule has 1 aliphatic carbocycles. The fraction of sp³-hybridized carbons (Fsp3) is 0.571. The van der Waals surface area contributed by atoms with Gasteiger partial charge in [-0.1, -0.05) is 25.0 Å². The molecule has 2 N–H and O–H groups in total. The molecule has 0 atom stereocenters. The van der Waals surface area contributed by atoms with Crippen molar-refractivity contribution in [2.45, 2.75) is 32.1 Å². The zero-order chi connectivity index (χ0) is 11.2. The van der Waals surface area contributed by atoms with Crippen molar-refractivity contribution in [3.8, 4) is 5.75 Å². The number of nitrogens with two attached hydrogens (primary N) is 1. The van der Waals surface area contributed by atoms with E-state index in [4.69, 9.17) is 10.5 Å². The standard InChI is InChI=1S/C14H21NO/c15-10-9-12-5-7-14(8-6-12)16-11-13-3-1-2-4-13/h5-8,13H,1-4,9-11,15H2. The lowest BCUT2D eigenvalue weighted by molar-refractivity contribution is 0.252. The van der Waals surface area contributed by atoms with E-state index in [1.807, 2.05) is 0 Å². The summed E-state index contributed by atoms with van der Waals surface area (Å²) in [5.41, 5.74) is 6.80. The first-order valence-electron chi connectivity index (χ1n) is 6.30. The zero-order valence-corrected chi connectivity index (χ0v) is 9.82. The molecule has 0 bridgehead atoms. The van der Waals surface area contributed by atoms with E-state index in [1.54, 1.807) is 0 Å². The van der Waals surface area contributed by atoms with Gasteiger partial charge in [-0.2, -0.15) is 0 Å². The number of hydrogen-bond donors (Lipinski definition) is 1. The monoisotopic (exact) mass is 219 g/mol. The average Bonchev–Trinajstić information content (AvgIpc) is 2.82. The Morgan fingerprint density at radius 2 is 1.81 bits per heavy atom. The summed E-state index contributed by atoms with van der Waals surface area (Å²) in [6.45, 7) is 1.60. The van der Waals surface area contributed by atoms with Crippen LogP contribution in [0.25, 0.3) is 0 Å². The maximum atomic E-state index is 5.79. The second-order valence-electron chi connectivity index (χ2n) is 4.64. The number of hydrogen-bond acceptors (Lipinski definition) is 2. The largest absolute Gasteiger partial charge is 0.493 e. The maximum absolute atomic E-state index is 5.79. The third-order valence-electron chi connectivity index (χ3n) is 3.32. The second-order valence-corrected chi connectivity index (χ2v) is 4.64. The highest BCUT2D eigenvalue weighted by Gasteiger charge is 2.15. The zero-order valence-electron chi connectivity index (χ0n) is 9.82. The Hall–Kier alpha value is -1.02. The van der Waals surface area contributed by atoms with Gasteiger partial charge in [0.1, 0.15) is 5.75 Å². The van der Waals surface area contributed by atoms with E-state index in [2.05, 4.69) is 24.3 Å². The SMILES string of the molecule is NCCc1ccc(OCC2CCCC2)cc1. The molecule has 0 saturated heterocycles. The third kappa shape index (κ3) is 3.24. The van der Waals surface area contributed by atoms with Crippen LogP contribution in [-0.4, -0.2) is 13.2 Å². The molecule has 1 fully saturated rings. The predicted molar refractivity (Wildman–Crippen MR) is 66.7 cm³/mol. The molecule has 16 heavy (non-hydrogen) atoms. The van der Waals surface area contributed by atoms with Gasteiger partial charge in [-0.05, 0) is 49.4 Å². The molecule has 0 unspecified atom stereocenters. The van der Waals surface area contributed by atoms with Crippen molar-refractivity contribution in [1.82, 2.24) is 0 Å². The second kappa shape index (κ2) is 5.90. The van der Waals surface area contributed by atoms with Crippen molar-refractivity contribution in [3.63, 3.8) is 0 Å². The van der Waals surface area contributed by atoms with Gasteiger partial charge < -0.3 is 10.5 Å². The summed E-state index contributed by atoms with van der Waals surface area (Å²) in [5, 5.41) is 0. The van der Waals surface area contributed by atoms with Crippen molar-refractivity contribution in [2.75, 3.05) is 13.2 Å². The first-order chi connectivity index (χ1) is 7.88. The Kier molecular flexibility index (Phi) is 4.23. The highest BCUT2D eigenvalue weighted by atomic mass is 16.5. The van der Waals surface area contributed by atoms with E-state index in [0.717, 1.165) is 24.7 Å². The molecule has 2 heteroatoms. The number of rotatable bonds is 5. The quantitative estimate of drug-likeness (QED) is 0.826. The molecule has 0 radical (unpaired) electrons. The minimum Gasteiger partial charge on any atom is -0.493 e. The molecule has 0 aromatic heterocycles. The molecule has 1 saturated carbocycles. The molecule has 1 aromatic rings. The van der Waals surface area contributed by atoms with E-state index in [0.29, 0.717) is 6.54 Å². The van der Waals surface area contributed by atoms with E-state index >= 15 is 0 Å². The van der Waals surface area contributed by atoms with Crippen LogP contribution in [0.5, 0.6) is 5.75 Å². The van der Waals surface area contributed by atoms with Crippen LogP contribution in [0.2, 0.25) is 0 Å². The van der Waals surface area contributed by atoms with Crippen LogP contribution in [0.4, 0.5) is 0 Å². The minimum absolute atomic E-state index is 0.711. The van der Waals surface area contributed by atoms with Crippen molar-refractivity contribution in [3.05, 3.63) is 29.8 Å². The van der Waals surface area contributed by atoms with Crippen LogP contribution in [0.3, 0.4) is 0 Å². The smallest absolute Gasteiger partial charge is 0.119 e.